The van der Waals surface area contributed by atoms with E-state index in [0.29, 0.717) is 25.1 Å². The topological polar surface area (TPSA) is 66.5 Å². The van der Waals surface area contributed by atoms with Gasteiger partial charge in [0.1, 0.15) is 0 Å². The van der Waals surface area contributed by atoms with Crippen molar-refractivity contribution in [3.8, 4) is 0 Å². The monoisotopic (exact) mass is 434 g/mol. The zero-order chi connectivity index (χ0) is 21.3. The summed E-state index contributed by atoms with van der Waals surface area (Å²) in [5, 5.41) is 2.91. The summed E-state index contributed by atoms with van der Waals surface area (Å²) in [6, 6.07) is 15.8. The SMILES string of the molecule is Cc1cccc(CSCCNC(=O)CCCN(c2cccc(C)c2)S(C)(=O)=O)c1. The van der Waals surface area contributed by atoms with Crippen LogP contribution in [0.2, 0.25) is 0 Å². The van der Waals surface area contributed by atoms with Crippen molar-refractivity contribution in [3.05, 3.63) is 65.2 Å². The van der Waals surface area contributed by atoms with E-state index in [1.54, 1.807) is 17.8 Å². The van der Waals surface area contributed by atoms with Crippen LogP contribution in [0, 0.1) is 13.8 Å². The van der Waals surface area contributed by atoms with Crippen LogP contribution in [0.15, 0.2) is 48.5 Å². The minimum absolute atomic E-state index is 0.0427. The van der Waals surface area contributed by atoms with Crippen LogP contribution in [-0.2, 0) is 20.6 Å². The Morgan fingerprint density at radius 3 is 2.41 bits per heavy atom. The van der Waals surface area contributed by atoms with E-state index in [1.165, 1.54) is 21.7 Å². The Balaban J connectivity index is 1.69. The average Bonchev–Trinajstić information content (AvgIpc) is 2.64. The number of carbonyl (C=O) groups excluding carboxylic acids is 1. The van der Waals surface area contributed by atoms with Gasteiger partial charge in [0, 0.05) is 31.0 Å². The molecule has 5 nitrogen and oxygen atoms in total. The Bertz CT molecular complexity index is 914. The summed E-state index contributed by atoms with van der Waals surface area (Å²) in [6.45, 7) is 4.91. The Labute approximate surface area is 178 Å². The number of nitrogens with zero attached hydrogens (tertiary/aromatic N) is 1. The molecule has 0 heterocycles. The molecule has 0 bridgehead atoms. The quantitative estimate of drug-likeness (QED) is 0.545. The number of nitrogens with one attached hydrogen (secondary N) is 1. The highest BCUT2D eigenvalue weighted by atomic mass is 32.2. The van der Waals surface area contributed by atoms with Crippen molar-refractivity contribution in [1.82, 2.24) is 5.32 Å². The van der Waals surface area contributed by atoms with E-state index in [-0.39, 0.29) is 12.5 Å². The van der Waals surface area contributed by atoms with Gasteiger partial charge in [-0.2, -0.15) is 11.8 Å². The van der Waals surface area contributed by atoms with Gasteiger partial charge >= 0.3 is 0 Å². The largest absolute Gasteiger partial charge is 0.355 e. The van der Waals surface area contributed by atoms with Crippen LogP contribution >= 0.6 is 11.8 Å². The second-order valence-electron chi connectivity index (χ2n) is 7.17. The van der Waals surface area contributed by atoms with E-state index in [1.807, 2.05) is 25.1 Å². The van der Waals surface area contributed by atoms with E-state index in [0.717, 1.165) is 17.1 Å². The van der Waals surface area contributed by atoms with Crippen molar-refractivity contribution < 1.29 is 13.2 Å². The molecule has 0 radical (unpaired) electrons. The van der Waals surface area contributed by atoms with E-state index in [2.05, 4.69) is 36.5 Å². The highest BCUT2D eigenvalue weighted by Gasteiger charge is 2.17. The van der Waals surface area contributed by atoms with E-state index < -0.39 is 10.0 Å². The summed E-state index contributed by atoms with van der Waals surface area (Å²) in [5.41, 5.74) is 4.18. The summed E-state index contributed by atoms with van der Waals surface area (Å²) in [7, 11) is -3.39. The Morgan fingerprint density at radius 2 is 1.76 bits per heavy atom. The van der Waals surface area contributed by atoms with Gasteiger partial charge in [0.05, 0.1) is 11.9 Å². The molecule has 1 N–H and O–H groups in total. The summed E-state index contributed by atoms with van der Waals surface area (Å²) in [6.07, 6.45) is 1.98. The highest BCUT2D eigenvalue weighted by Crippen LogP contribution is 2.19. The first-order valence-corrected chi connectivity index (χ1v) is 12.7. The molecule has 0 atom stereocenters. The first-order chi connectivity index (χ1) is 13.8. The van der Waals surface area contributed by atoms with Gasteiger partial charge in [-0.15, -0.1) is 0 Å². The normalized spacial score (nSPS) is 11.3. The van der Waals surface area contributed by atoms with E-state index >= 15 is 0 Å². The van der Waals surface area contributed by atoms with Crippen molar-refractivity contribution in [3.63, 3.8) is 0 Å². The fraction of sp³-hybridized carbons (Fsp3) is 0.409. The van der Waals surface area contributed by atoms with Gasteiger partial charge in [-0.3, -0.25) is 9.10 Å². The zero-order valence-corrected chi connectivity index (χ0v) is 19.0. The lowest BCUT2D eigenvalue weighted by Gasteiger charge is -2.22. The molecule has 0 unspecified atom stereocenters. The number of benzene rings is 2. The molecule has 0 aliphatic rings. The number of thioether (sulfide) groups is 1. The first-order valence-electron chi connectivity index (χ1n) is 9.70. The minimum atomic E-state index is -3.39. The lowest BCUT2D eigenvalue weighted by atomic mass is 10.2. The van der Waals surface area contributed by atoms with Gasteiger partial charge in [-0.05, 0) is 43.5 Å². The third-order valence-corrected chi connectivity index (χ3v) is 6.60. The highest BCUT2D eigenvalue weighted by molar-refractivity contribution is 7.98. The average molecular weight is 435 g/mol. The summed E-state index contributed by atoms with van der Waals surface area (Å²) in [5.74, 6) is 1.73. The van der Waals surface area contributed by atoms with Crippen LogP contribution in [0.4, 0.5) is 5.69 Å². The van der Waals surface area contributed by atoms with Crippen LogP contribution in [0.25, 0.3) is 0 Å². The number of hydrogen-bond donors (Lipinski definition) is 1. The van der Waals surface area contributed by atoms with Gasteiger partial charge in [0.25, 0.3) is 0 Å². The molecule has 158 valence electrons. The van der Waals surface area contributed by atoms with Crippen LogP contribution < -0.4 is 9.62 Å². The standard InChI is InChI=1S/C22H30N2O3S2/c1-18-7-4-9-20(15-18)17-28-14-12-23-22(25)11-6-13-24(29(3,26)27)21-10-5-8-19(2)16-21/h4-5,7-10,15-16H,6,11-14,17H2,1-3H3,(H,23,25). The smallest absolute Gasteiger partial charge is 0.232 e. The Kier molecular flexibility index (Phi) is 9.04. The zero-order valence-electron chi connectivity index (χ0n) is 17.3. The van der Waals surface area contributed by atoms with Crippen molar-refractivity contribution in [1.29, 1.82) is 0 Å². The predicted octanol–water partition coefficient (Wildman–Crippen LogP) is 3.90. The molecule has 0 saturated heterocycles. The number of anilines is 1. The third kappa shape index (κ3) is 8.50. The molecule has 29 heavy (non-hydrogen) atoms. The summed E-state index contributed by atoms with van der Waals surface area (Å²) >= 11 is 1.79. The molecule has 0 saturated carbocycles. The van der Waals surface area contributed by atoms with Crippen LogP contribution in [0.3, 0.4) is 0 Å². The maximum absolute atomic E-state index is 12.1. The molecule has 0 aliphatic carbocycles. The second-order valence-corrected chi connectivity index (χ2v) is 10.2. The number of sulfonamides is 1. The van der Waals surface area contributed by atoms with Crippen molar-refractivity contribution in [2.45, 2.75) is 32.4 Å². The molecule has 7 heteroatoms. The molecule has 1 amide bonds. The Morgan fingerprint density at radius 1 is 1.07 bits per heavy atom. The number of hydrogen-bond acceptors (Lipinski definition) is 4. The fourth-order valence-electron chi connectivity index (χ4n) is 3.00. The molecule has 2 aromatic rings. The van der Waals surface area contributed by atoms with E-state index in [4.69, 9.17) is 0 Å². The molecular weight excluding hydrogens is 404 g/mol. The lowest BCUT2D eigenvalue weighted by Crippen LogP contribution is -2.32. The molecule has 0 aromatic heterocycles. The number of carbonyl (C=O) groups is 1. The van der Waals surface area contributed by atoms with Crippen LogP contribution in [0.1, 0.15) is 29.5 Å². The van der Waals surface area contributed by atoms with Crippen molar-refractivity contribution in [2.24, 2.45) is 0 Å². The van der Waals surface area contributed by atoms with Gasteiger partial charge in [0.15, 0.2) is 0 Å². The molecule has 2 aromatic carbocycles. The minimum Gasteiger partial charge on any atom is -0.355 e. The lowest BCUT2D eigenvalue weighted by molar-refractivity contribution is -0.121. The second kappa shape index (κ2) is 11.3. The Hall–Kier alpha value is -1.99. The third-order valence-electron chi connectivity index (χ3n) is 4.37. The fourth-order valence-corrected chi connectivity index (χ4v) is 4.76. The molecule has 0 aliphatic heterocycles. The number of rotatable bonds is 11. The van der Waals surface area contributed by atoms with Gasteiger partial charge in [0.2, 0.25) is 15.9 Å². The van der Waals surface area contributed by atoms with Gasteiger partial charge < -0.3 is 5.32 Å². The predicted molar refractivity (Wildman–Crippen MR) is 123 cm³/mol. The van der Waals surface area contributed by atoms with E-state index in [9.17, 15) is 13.2 Å². The molecule has 0 fully saturated rings. The first kappa shape index (κ1) is 23.3. The van der Waals surface area contributed by atoms with Gasteiger partial charge in [-0.1, -0.05) is 42.0 Å². The van der Waals surface area contributed by atoms with Crippen LogP contribution in [0.5, 0.6) is 0 Å². The van der Waals surface area contributed by atoms with Gasteiger partial charge in [-0.25, -0.2) is 8.42 Å². The summed E-state index contributed by atoms with van der Waals surface area (Å²) < 4.78 is 25.6. The maximum Gasteiger partial charge on any atom is 0.232 e. The van der Waals surface area contributed by atoms with Crippen LogP contribution in [-0.4, -0.2) is 39.4 Å². The van der Waals surface area contributed by atoms with Crippen molar-refractivity contribution >= 4 is 33.4 Å². The van der Waals surface area contributed by atoms with Crippen molar-refractivity contribution in [2.75, 3.05) is 29.4 Å². The summed E-state index contributed by atoms with van der Waals surface area (Å²) in [4.78, 5) is 12.1. The number of amides is 1. The molecule has 2 rings (SSSR count). The molecular formula is C22H30N2O3S2. The maximum atomic E-state index is 12.1. The number of aryl methyl sites for hydroxylation is 2. The molecule has 0 spiro atoms.